The van der Waals surface area contributed by atoms with Crippen molar-refractivity contribution in [1.82, 2.24) is 4.98 Å². The molecule has 1 atom stereocenters. The van der Waals surface area contributed by atoms with Crippen LogP contribution in [0.3, 0.4) is 0 Å². The van der Waals surface area contributed by atoms with E-state index in [1.807, 2.05) is 6.92 Å². The zero-order valence-electron chi connectivity index (χ0n) is 10.5. The topological polar surface area (TPSA) is 100 Å². The van der Waals surface area contributed by atoms with Crippen LogP contribution in [-0.2, 0) is 0 Å². The molecule has 1 aromatic rings. The molecule has 0 aromatic carbocycles. The van der Waals surface area contributed by atoms with Crippen molar-refractivity contribution in [2.24, 2.45) is 0 Å². The molecule has 0 amide bonds. The lowest BCUT2D eigenvalue weighted by atomic mass is 10.1. The van der Waals surface area contributed by atoms with E-state index in [1.165, 1.54) is 12.1 Å². The second kappa shape index (κ2) is 6.75. The number of anilines is 2. The van der Waals surface area contributed by atoms with Crippen LogP contribution in [0.5, 0.6) is 0 Å². The highest BCUT2D eigenvalue weighted by atomic mass is 16.6. The van der Waals surface area contributed by atoms with E-state index < -0.39 is 4.92 Å². The van der Waals surface area contributed by atoms with Crippen LogP contribution in [-0.4, -0.2) is 34.7 Å². The quantitative estimate of drug-likeness (QED) is 0.505. The number of pyridine rings is 1. The highest BCUT2D eigenvalue weighted by Crippen LogP contribution is 2.21. The fraction of sp³-hybridized carbons (Fsp3) is 0.545. The smallest absolute Gasteiger partial charge is 0.276 e. The molecule has 7 nitrogen and oxygen atoms in total. The molecule has 0 saturated carbocycles. The second-order valence-electron chi connectivity index (χ2n) is 3.86. The number of nitrogens with one attached hydrogen (secondary N) is 2. The van der Waals surface area contributed by atoms with Gasteiger partial charge in [0.25, 0.3) is 5.69 Å². The summed E-state index contributed by atoms with van der Waals surface area (Å²) in [6.45, 7) is 2.04. The minimum Gasteiger partial charge on any atom is -0.396 e. The van der Waals surface area contributed by atoms with Crippen LogP contribution in [0.2, 0.25) is 0 Å². The van der Waals surface area contributed by atoms with Crippen molar-refractivity contribution in [3.63, 3.8) is 0 Å². The van der Waals surface area contributed by atoms with E-state index in [0.29, 0.717) is 18.1 Å². The van der Waals surface area contributed by atoms with Gasteiger partial charge in [-0.1, -0.05) is 6.92 Å². The molecule has 1 rings (SSSR count). The Morgan fingerprint density at radius 1 is 1.50 bits per heavy atom. The predicted octanol–water partition coefficient (Wildman–Crippen LogP) is 1.60. The summed E-state index contributed by atoms with van der Waals surface area (Å²) < 4.78 is 0. The maximum Gasteiger partial charge on any atom is 0.276 e. The second-order valence-corrected chi connectivity index (χ2v) is 3.86. The fourth-order valence-electron chi connectivity index (χ4n) is 1.57. The number of nitrogens with zero attached hydrogens (tertiary/aromatic N) is 2. The Labute approximate surface area is 105 Å². The molecule has 0 radical (unpaired) electrons. The summed E-state index contributed by atoms with van der Waals surface area (Å²) in [4.78, 5) is 14.5. The summed E-state index contributed by atoms with van der Waals surface area (Å²) in [6.07, 6.45) is 1.38. The number of hydrogen-bond acceptors (Lipinski definition) is 6. The van der Waals surface area contributed by atoms with E-state index in [4.69, 9.17) is 5.11 Å². The van der Waals surface area contributed by atoms with E-state index in [1.54, 1.807) is 7.05 Å². The molecule has 0 saturated heterocycles. The van der Waals surface area contributed by atoms with Gasteiger partial charge >= 0.3 is 0 Å². The van der Waals surface area contributed by atoms with E-state index in [0.717, 1.165) is 6.42 Å². The normalized spacial score (nSPS) is 11.9. The fourth-order valence-corrected chi connectivity index (χ4v) is 1.57. The van der Waals surface area contributed by atoms with Crippen LogP contribution in [0, 0.1) is 10.1 Å². The van der Waals surface area contributed by atoms with Crippen LogP contribution < -0.4 is 10.6 Å². The van der Waals surface area contributed by atoms with E-state index >= 15 is 0 Å². The molecule has 1 unspecified atom stereocenters. The molecule has 100 valence electrons. The third-order valence-corrected chi connectivity index (χ3v) is 2.60. The molecule has 3 N–H and O–H groups in total. The molecule has 0 aliphatic carbocycles. The Balaban J connectivity index is 2.93. The van der Waals surface area contributed by atoms with Gasteiger partial charge in [0.1, 0.15) is 11.6 Å². The average molecular weight is 254 g/mol. The van der Waals surface area contributed by atoms with Crippen molar-refractivity contribution in [2.75, 3.05) is 24.3 Å². The molecule has 0 fully saturated rings. The Morgan fingerprint density at radius 3 is 2.67 bits per heavy atom. The highest BCUT2D eigenvalue weighted by Gasteiger charge is 2.13. The van der Waals surface area contributed by atoms with Crippen molar-refractivity contribution in [3.05, 3.63) is 22.2 Å². The molecule has 18 heavy (non-hydrogen) atoms. The number of nitro groups is 1. The number of rotatable bonds is 7. The van der Waals surface area contributed by atoms with Crippen LogP contribution in [0.15, 0.2) is 12.1 Å². The number of aliphatic hydroxyl groups is 1. The first-order chi connectivity index (χ1) is 8.60. The van der Waals surface area contributed by atoms with Crippen molar-refractivity contribution in [1.29, 1.82) is 0 Å². The first kappa shape index (κ1) is 14.2. The van der Waals surface area contributed by atoms with Crippen molar-refractivity contribution in [2.45, 2.75) is 25.8 Å². The Morgan fingerprint density at radius 2 is 2.17 bits per heavy atom. The van der Waals surface area contributed by atoms with E-state index in [2.05, 4.69) is 15.6 Å². The summed E-state index contributed by atoms with van der Waals surface area (Å²) in [6, 6.07) is 2.81. The Bertz CT molecular complexity index is 411. The van der Waals surface area contributed by atoms with Gasteiger partial charge in [0.05, 0.1) is 17.1 Å². The number of aromatic nitrogens is 1. The number of aliphatic hydroxyl groups excluding tert-OH is 1. The molecule has 7 heteroatoms. The molecule has 1 aromatic heterocycles. The molecular formula is C11H18N4O3. The Hall–Kier alpha value is -1.89. The van der Waals surface area contributed by atoms with E-state index in [9.17, 15) is 10.1 Å². The summed E-state index contributed by atoms with van der Waals surface area (Å²) in [5, 5.41) is 25.6. The van der Waals surface area contributed by atoms with Gasteiger partial charge in [0.15, 0.2) is 0 Å². The van der Waals surface area contributed by atoms with Gasteiger partial charge in [-0.3, -0.25) is 10.1 Å². The van der Waals surface area contributed by atoms with Crippen LogP contribution >= 0.6 is 0 Å². The summed E-state index contributed by atoms with van der Waals surface area (Å²) in [5.74, 6) is 0.874. The lowest BCUT2D eigenvalue weighted by molar-refractivity contribution is -0.384. The highest BCUT2D eigenvalue weighted by molar-refractivity contribution is 5.54. The molecule has 1 heterocycles. The van der Waals surface area contributed by atoms with Crippen LogP contribution in [0.25, 0.3) is 0 Å². The van der Waals surface area contributed by atoms with Gasteiger partial charge in [0, 0.05) is 19.7 Å². The van der Waals surface area contributed by atoms with Crippen LogP contribution in [0.1, 0.15) is 19.8 Å². The van der Waals surface area contributed by atoms with Gasteiger partial charge in [-0.25, -0.2) is 4.98 Å². The summed E-state index contributed by atoms with van der Waals surface area (Å²) in [5.41, 5.74) is -0.0179. The van der Waals surface area contributed by atoms with Crippen LogP contribution in [0.4, 0.5) is 17.3 Å². The third-order valence-electron chi connectivity index (χ3n) is 2.60. The molecule has 0 bridgehead atoms. The van der Waals surface area contributed by atoms with Crippen molar-refractivity contribution < 1.29 is 10.0 Å². The van der Waals surface area contributed by atoms with Gasteiger partial charge in [-0.15, -0.1) is 0 Å². The zero-order chi connectivity index (χ0) is 13.5. The minimum absolute atomic E-state index is 0.0179. The standard InChI is InChI=1S/C11H18N4O3/c1-3-8(4-5-16)13-11-7-9(15(17)18)6-10(12-2)14-11/h6-8,16H,3-5H2,1-2H3,(H2,12,13,14). The van der Waals surface area contributed by atoms with Gasteiger partial charge in [-0.2, -0.15) is 0 Å². The largest absolute Gasteiger partial charge is 0.396 e. The number of hydrogen-bond donors (Lipinski definition) is 3. The maximum atomic E-state index is 10.8. The van der Waals surface area contributed by atoms with Gasteiger partial charge < -0.3 is 15.7 Å². The lowest BCUT2D eigenvalue weighted by Crippen LogP contribution is -2.20. The maximum absolute atomic E-state index is 10.8. The first-order valence-corrected chi connectivity index (χ1v) is 5.82. The molecule has 0 aliphatic rings. The van der Waals surface area contributed by atoms with E-state index in [-0.39, 0.29) is 18.3 Å². The molecule has 0 spiro atoms. The lowest BCUT2D eigenvalue weighted by Gasteiger charge is -2.16. The molecular weight excluding hydrogens is 236 g/mol. The van der Waals surface area contributed by atoms with Crippen molar-refractivity contribution >= 4 is 17.3 Å². The third kappa shape index (κ3) is 3.85. The summed E-state index contributed by atoms with van der Waals surface area (Å²) in [7, 11) is 1.65. The predicted molar refractivity (Wildman–Crippen MR) is 69.8 cm³/mol. The SMILES string of the molecule is CCC(CCO)Nc1cc([N+](=O)[O-])cc(NC)n1. The first-order valence-electron chi connectivity index (χ1n) is 5.82. The zero-order valence-corrected chi connectivity index (χ0v) is 10.5. The Kier molecular flexibility index (Phi) is 5.31. The monoisotopic (exact) mass is 254 g/mol. The van der Waals surface area contributed by atoms with Crippen molar-refractivity contribution in [3.8, 4) is 0 Å². The minimum atomic E-state index is -0.458. The molecule has 0 aliphatic heterocycles. The van der Waals surface area contributed by atoms with Gasteiger partial charge in [0.2, 0.25) is 0 Å². The van der Waals surface area contributed by atoms with Gasteiger partial charge in [-0.05, 0) is 12.8 Å². The summed E-state index contributed by atoms with van der Waals surface area (Å²) >= 11 is 0. The average Bonchev–Trinajstić information content (AvgIpc) is 2.37.